The number of benzene rings is 1. The monoisotopic (exact) mass is 487 g/mol. The van der Waals surface area contributed by atoms with Crippen molar-refractivity contribution >= 4 is 34.3 Å². The lowest BCUT2D eigenvalue weighted by Gasteiger charge is -2.27. The van der Waals surface area contributed by atoms with E-state index in [2.05, 4.69) is 56.0 Å². The SMILES string of the molecule is Nc1nc(NCc2ccc(-c3ccsc3)cc2)c2nc(C3CCC(N)CC3)n(C3CCCC3)c2n1. The molecule has 2 saturated carbocycles. The average Bonchev–Trinajstić information content (AvgIpc) is 3.64. The minimum atomic E-state index is 0.296. The van der Waals surface area contributed by atoms with Crippen LogP contribution in [0.2, 0.25) is 0 Å². The van der Waals surface area contributed by atoms with Gasteiger partial charge in [0.25, 0.3) is 0 Å². The normalized spacial score (nSPS) is 21.1. The number of rotatable bonds is 6. The van der Waals surface area contributed by atoms with E-state index < -0.39 is 0 Å². The average molecular weight is 488 g/mol. The van der Waals surface area contributed by atoms with Crippen LogP contribution in [-0.4, -0.2) is 25.6 Å². The predicted octanol–water partition coefficient (Wildman–Crippen LogP) is 5.85. The predicted molar refractivity (Wildman–Crippen MR) is 144 cm³/mol. The smallest absolute Gasteiger partial charge is 0.224 e. The maximum Gasteiger partial charge on any atom is 0.224 e. The zero-order valence-corrected chi connectivity index (χ0v) is 20.8. The quantitative estimate of drug-likeness (QED) is 0.315. The number of nitrogens with zero attached hydrogens (tertiary/aromatic N) is 4. The van der Waals surface area contributed by atoms with Gasteiger partial charge in [-0.25, -0.2) is 4.98 Å². The highest BCUT2D eigenvalue weighted by Gasteiger charge is 2.31. The minimum absolute atomic E-state index is 0.296. The molecule has 0 bridgehead atoms. The summed E-state index contributed by atoms with van der Waals surface area (Å²) in [6, 6.07) is 11.6. The molecular formula is C27H33N7S. The van der Waals surface area contributed by atoms with Gasteiger partial charge < -0.3 is 21.4 Å². The molecule has 3 aromatic heterocycles. The number of aromatic nitrogens is 4. The zero-order valence-electron chi connectivity index (χ0n) is 20.0. The molecule has 0 unspecified atom stereocenters. The van der Waals surface area contributed by atoms with Crippen molar-refractivity contribution in [3.05, 3.63) is 52.5 Å². The molecule has 5 N–H and O–H groups in total. The first kappa shape index (κ1) is 22.5. The van der Waals surface area contributed by atoms with Gasteiger partial charge in [0.05, 0.1) is 0 Å². The topological polar surface area (TPSA) is 108 Å². The van der Waals surface area contributed by atoms with Crippen molar-refractivity contribution in [1.82, 2.24) is 19.5 Å². The van der Waals surface area contributed by atoms with Crippen LogP contribution in [-0.2, 0) is 6.54 Å². The Kier molecular flexibility index (Phi) is 6.16. The molecule has 7 nitrogen and oxygen atoms in total. The van der Waals surface area contributed by atoms with Crippen LogP contribution in [0.25, 0.3) is 22.3 Å². The molecule has 3 heterocycles. The fourth-order valence-corrected chi connectivity index (χ4v) is 6.41. The first-order chi connectivity index (χ1) is 17.2. The van der Waals surface area contributed by atoms with Gasteiger partial charge in [-0.05, 0) is 72.0 Å². The van der Waals surface area contributed by atoms with Crippen molar-refractivity contribution in [3.63, 3.8) is 0 Å². The third kappa shape index (κ3) is 4.52. The van der Waals surface area contributed by atoms with Gasteiger partial charge in [-0.1, -0.05) is 37.1 Å². The maximum absolute atomic E-state index is 6.22. The van der Waals surface area contributed by atoms with Crippen molar-refractivity contribution in [1.29, 1.82) is 0 Å². The van der Waals surface area contributed by atoms with E-state index in [4.69, 9.17) is 21.4 Å². The number of nitrogens with one attached hydrogen (secondary N) is 1. The summed E-state index contributed by atoms with van der Waals surface area (Å²) in [6.45, 7) is 0.652. The number of fused-ring (bicyclic) bond motifs is 1. The molecule has 6 rings (SSSR count). The first-order valence-electron chi connectivity index (χ1n) is 12.8. The van der Waals surface area contributed by atoms with E-state index in [0.29, 0.717) is 30.5 Å². The van der Waals surface area contributed by atoms with Gasteiger partial charge in [-0.2, -0.15) is 21.3 Å². The van der Waals surface area contributed by atoms with Crippen LogP contribution in [0.5, 0.6) is 0 Å². The number of imidazole rings is 1. The highest BCUT2D eigenvalue weighted by atomic mass is 32.1. The third-order valence-electron chi connectivity index (χ3n) is 7.68. The zero-order chi connectivity index (χ0) is 23.8. The Labute approximate surface area is 210 Å². The summed E-state index contributed by atoms with van der Waals surface area (Å²) in [6.07, 6.45) is 9.14. The molecule has 35 heavy (non-hydrogen) atoms. The van der Waals surface area contributed by atoms with Gasteiger partial charge >= 0.3 is 0 Å². The Morgan fingerprint density at radius 3 is 2.40 bits per heavy atom. The largest absolute Gasteiger partial charge is 0.368 e. The van der Waals surface area contributed by atoms with Crippen molar-refractivity contribution < 1.29 is 0 Å². The molecule has 2 aliphatic rings. The Morgan fingerprint density at radius 2 is 1.69 bits per heavy atom. The Bertz CT molecular complexity index is 1280. The van der Waals surface area contributed by atoms with E-state index in [1.807, 2.05) is 0 Å². The molecule has 8 heteroatoms. The lowest BCUT2D eigenvalue weighted by molar-refractivity contribution is 0.367. The van der Waals surface area contributed by atoms with E-state index in [0.717, 1.165) is 48.5 Å². The van der Waals surface area contributed by atoms with Gasteiger partial charge in [-0.3, -0.25) is 0 Å². The molecule has 182 valence electrons. The summed E-state index contributed by atoms with van der Waals surface area (Å²) in [5.74, 6) is 2.59. The number of nitrogens with two attached hydrogens (primary N) is 2. The molecule has 1 aromatic carbocycles. The Hall–Kier alpha value is -2.97. The number of nitrogen functional groups attached to an aromatic ring is 1. The molecule has 0 saturated heterocycles. The number of anilines is 2. The van der Waals surface area contributed by atoms with Crippen LogP contribution in [0.1, 0.15) is 74.7 Å². The second-order valence-corrected chi connectivity index (χ2v) is 10.8. The van der Waals surface area contributed by atoms with Gasteiger partial charge in [-0.15, -0.1) is 0 Å². The number of hydrogen-bond acceptors (Lipinski definition) is 7. The van der Waals surface area contributed by atoms with Crippen LogP contribution >= 0.6 is 11.3 Å². The lowest BCUT2D eigenvalue weighted by atomic mass is 9.86. The second-order valence-electron chi connectivity index (χ2n) is 10.1. The van der Waals surface area contributed by atoms with Crippen LogP contribution in [0, 0.1) is 0 Å². The van der Waals surface area contributed by atoms with E-state index >= 15 is 0 Å². The summed E-state index contributed by atoms with van der Waals surface area (Å²) >= 11 is 1.72. The minimum Gasteiger partial charge on any atom is -0.368 e. The highest BCUT2D eigenvalue weighted by molar-refractivity contribution is 7.08. The van der Waals surface area contributed by atoms with Gasteiger partial charge in [0.1, 0.15) is 5.82 Å². The van der Waals surface area contributed by atoms with Crippen LogP contribution in [0.3, 0.4) is 0 Å². The lowest BCUT2D eigenvalue weighted by Crippen LogP contribution is -2.27. The summed E-state index contributed by atoms with van der Waals surface area (Å²) < 4.78 is 2.41. The Morgan fingerprint density at radius 1 is 0.914 bits per heavy atom. The van der Waals surface area contributed by atoms with Crippen molar-refractivity contribution in [2.45, 2.75) is 75.9 Å². The molecular weight excluding hydrogens is 454 g/mol. The van der Waals surface area contributed by atoms with Gasteiger partial charge in [0, 0.05) is 24.5 Å². The first-order valence-corrected chi connectivity index (χ1v) is 13.8. The summed E-state index contributed by atoms with van der Waals surface area (Å²) in [4.78, 5) is 14.5. The van der Waals surface area contributed by atoms with Crippen molar-refractivity contribution in [2.24, 2.45) is 5.73 Å². The van der Waals surface area contributed by atoms with Crippen LogP contribution in [0.15, 0.2) is 41.1 Å². The van der Waals surface area contributed by atoms with E-state index in [-0.39, 0.29) is 0 Å². The molecule has 2 aliphatic carbocycles. The number of thiophene rings is 1. The molecule has 0 aliphatic heterocycles. The molecule has 0 radical (unpaired) electrons. The fourth-order valence-electron chi connectivity index (χ4n) is 5.75. The van der Waals surface area contributed by atoms with Crippen molar-refractivity contribution in [2.75, 3.05) is 11.1 Å². The summed E-state index contributed by atoms with van der Waals surface area (Å²) in [5, 5.41) is 7.80. The van der Waals surface area contributed by atoms with E-state index in [9.17, 15) is 0 Å². The Balaban J connectivity index is 1.32. The number of hydrogen-bond donors (Lipinski definition) is 3. The summed E-state index contributed by atoms with van der Waals surface area (Å²) in [7, 11) is 0. The summed E-state index contributed by atoms with van der Waals surface area (Å²) in [5.41, 5.74) is 17.8. The molecule has 0 spiro atoms. The maximum atomic E-state index is 6.22. The standard InChI is InChI=1S/C27H33N7S/c28-21-11-9-19(10-12-21)25-31-23-24(32-27(29)33-26(23)34(25)22-3-1-2-4-22)30-15-17-5-7-18(8-6-17)20-13-14-35-16-20/h5-8,13-14,16,19,21-22H,1-4,9-12,15,28H2,(H3,29,30,32,33). The van der Waals surface area contributed by atoms with E-state index in [1.165, 1.54) is 42.4 Å². The highest BCUT2D eigenvalue weighted by Crippen LogP contribution is 2.40. The fraction of sp³-hybridized carbons (Fsp3) is 0.444. The van der Waals surface area contributed by atoms with E-state index in [1.54, 1.807) is 11.3 Å². The molecule has 4 aromatic rings. The third-order valence-corrected chi connectivity index (χ3v) is 8.36. The van der Waals surface area contributed by atoms with Crippen LogP contribution in [0.4, 0.5) is 11.8 Å². The second kappa shape index (κ2) is 9.59. The van der Waals surface area contributed by atoms with Crippen LogP contribution < -0.4 is 16.8 Å². The van der Waals surface area contributed by atoms with Gasteiger partial charge in [0.2, 0.25) is 5.95 Å². The van der Waals surface area contributed by atoms with Gasteiger partial charge in [0.15, 0.2) is 17.0 Å². The van der Waals surface area contributed by atoms with Crippen molar-refractivity contribution in [3.8, 4) is 11.1 Å². The molecule has 0 amide bonds. The molecule has 0 atom stereocenters. The molecule has 2 fully saturated rings.